The van der Waals surface area contributed by atoms with Gasteiger partial charge in [0, 0.05) is 39.3 Å². The van der Waals surface area contributed by atoms with Gasteiger partial charge in [0.05, 0.1) is 18.1 Å². The van der Waals surface area contributed by atoms with Crippen LogP contribution in [0.15, 0.2) is 65.7 Å². The minimum atomic E-state index is -0.668. The number of hydrogen-bond acceptors (Lipinski definition) is 5. The molecule has 0 aliphatic heterocycles. The van der Waals surface area contributed by atoms with Crippen molar-refractivity contribution in [2.24, 2.45) is 0 Å². The molecular weight excluding hydrogens is 490 g/mol. The third-order valence-corrected chi connectivity index (χ3v) is 6.27. The summed E-state index contributed by atoms with van der Waals surface area (Å²) in [6, 6.07) is 12.8. The lowest BCUT2D eigenvalue weighted by Gasteiger charge is -2.20. The van der Waals surface area contributed by atoms with E-state index < -0.39 is 23.2 Å². The maximum atomic E-state index is 14.5. The largest absolute Gasteiger partial charge is 0.459 e. The Morgan fingerprint density at radius 3 is 2.47 bits per heavy atom. The maximum Gasteiger partial charge on any atom is 0.326 e. The SMILES string of the molecule is Cc1c(-c2nn(Cc3ccncc3F)c(=O)c3ccccc23)c2cc(F)ccc2n1CC(=O)OC(C)(C)C. The van der Waals surface area contributed by atoms with Crippen LogP contribution in [0.3, 0.4) is 0 Å². The summed E-state index contributed by atoms with van der Waals surface area (Å²) in [4.78, 5) is 29.9. The number of ether oxygens (including phenoxy) is 1. The van der Waals surface area contributed by atoms with E-state index in [1.165, 1.54) is 29.1 Å². The number of esters is 1. The predicted octanol–water partition coefficient (Wildman–Crippen LogP) is 5.39. The highest BCUT2D eigenvalue weighted by Gasteiger charge is 2.24. The topological polar surface area (TPSA) is 79.0 Å². The fourth-order valence-electron chi connectivity index (χ4n) is 4.68. The molecule has 3 heterocycles. The molecule has 5 aromatic rings. The molecule has 0 N–H and O–H groups in total. The Labute approximate surface area is 217 Å². The van der Waals surface area contributed by atoms with Crippen LogP contribution in [0.4, 0.5) is 8.78 Å². The number of nitrogens with zero attached hydrogens (tertiary/aromatic N) is 4. The zero-order valence-corrected chi connectivity index (χ0v) is 21.5. The molecule has 0 saturated heterocycles. The maximum absolute atomic E-state index is 14.5. The van der Waals surface area contributed by atoms with E-state index in [0.717, 1.165) is 6.20 Å². The number of aromatic nitrogens is 4. The van der Waals surface area contributed by atoms with Gasteiger partial charge in [0.25, 0.3) is 5.56 Å². The number of halogens is 2. The number of benzene rings is 2. The number of carbonyl (C=O) groups excluding carboxylic acids is 1. The second kappa shape index (κ2) is 9.48. The standard InChI is InChI=1S/C29H26F2N4O3/c1-17-26(22-13-19(30)9-10-24(22)34(17)16-25(36)38-29(2,3)4)27-20-7-5-6-8-21(20)28(37)35(33-27)15-18-11-12-32-14-23(18)31/h5-14H,15-16H2,1-4H3. The van der Waals surface area contributed by atoms with Crippen LogP contribution in [0, 0.1) is 18.6 Å². The van der Waals surface area contributed by atoms with Crippen LogP contribution in [0.1, 0.15) is 32.0 Å². The highest BCUT2D eigenvalue weighted by Crippen LogP contribution is 2.37. The smallest absolute Gasteiger partial charge is 0.326 e. The first-order valence-electron chi connectivity index (χ1n) is 12.1. The van der Waals surface area contributed by atoms with Gasteiger partial charge in [0.1, 0.15) is 29.5 Å². The second-order valence-corrected chi connectivity index (χ2v) is 10.1. The first kappa shape index (κ1) is 25.3. The Morgan fingerprint density at radius 1 is 1.03 bits per heavy atom. The summed E-state index contributed by atoms with van der Waals surface area (Å²) in [5.74, 6) is -1.45. The average Bonchev–Trinajstić information content (AvgIpc) is 3.11. The van der Waals surface area contributed by atoms with Crippen molar-refractivity contribution in [1.29, 1.82) is 0 Å². The van der Waals surface area contributed by atoms with E-state index in [1.807, 2.05) is 6.92 Å². The van der Waals surface area contributed by atoms with E-state index in [-0.39, 0.29) is 24.2 Å². The van der Waals surface area contributed by atoms with Crippen molar-refractivity contribution in [2.45, 2.75) is 46.4 Å². The van der Waals surface area contributed by atoms with Crippen LogP contribution >= 0.6 is 0 Å². The number of fused-ring (bicyclic) bond motifs is 2. The lowest BCUT2D eigenvalue weighted by Crippen LogP contribution is -2.26. The first-order valence-corrected chi connectivity index (χ1v) is 12.1. The van der Waals surface area contributed by atoms with Crippen molar-refractivity contribution < 1.29 is 18.3 Å². The van der Waals surface area contributed by atoms with Crippen LogP contribution in [-0.2, 0) is 22.6 Å². The molecule has 7 nitrogen and oxygen atoms in total. The lowest BCUT2D eigenvalue weighted by atomic mass is 10.0. The number of carbonyl (C=O) groups is 1. The van der Waals surface area contributed by atoms with Crippen molar-refractivity contribution in [3.8, 4) is 11.3 Å². The first-order chi connectivity index (χ1) is 18.0. The van der Waals surface area contributed by atoms with Crippen molar-refractivity contribution in [3.05, 3.63) is 94.2 Å². The Morgan fingerprint density at radius 2 is 1.76 bits per heavy atom. The number of rotatable bonds is 5. The van der Waals surface area contributed by atoms with Gasteiger partial charge in [-0.3, -0.25) is 14.6 Å². The minimum Gasteiger partial charge on any atom is -0.459 e. The van der Waals surface area contributed by atoms with E-state index >= 15 is 0 Å². The van der Waals surface area contributed by atoms with Gasteiger partial charge >= 0.3 is 5.97 Å². The van der Waals surface area contributed by atoms with Gasteiger partial charge in [-0.15, -0.1) is 0 Å². The highest BCUT2D eigenvalue weighted by atomic mass is 19.1. The molecule has 0 atom stereocenters. The Hall–Kier alpha value is -4.40. The van der Waals surface area contributed by atoms with Gasteiger partial charge in [-0.2, -0.15) is 5.10 Å². The minimum absolute atomic E-state index is 0.0922. The molecule has 0 bridgehead atoms. The quantitative estimate of drug-likeness (QED) is 0.293. The molecule has 0 spiro atoms. The summed E-state index contributed by atoms with van der Waals surface area (Å²) in [6.45, 7) is 6.97. The van der Waals surface area contributed by atoms with E-state index in [2.05, 4.69) is 10.1 Å². The molecule has 0 saturated carbocycles. The zero-order chi connectivity index (χ0) is 27.2. The lowest BCUT2D eigenvalue weighted by molar-refractivity contribution is -0.155. The summed E-state index contributed by atoms with van der Waals surface area (Å²) in [5, 5.41) is 6.14. The molecular formula is C29H26F2N4O3. The summed E-state index contributed by atoms with van der Waals surface area (Å²) in [6.07, 6.45) is 2.53. The van der Waals surface area contributed by atoms with Crippen LogP contribution < -0.4 is 5.56 Å². The monoisotopic (exact) mass is 516 g/mol. The number of pyridine rings is 1. The van der Waals surface area contributed by atoms with Crippen molar-refractivity contribution in [3.63, 3.8) is 0 Å². The van der Waals surface area contributed by atoms with Crippen LogP contribution in [0.2, 0.25) is 0 Å². The van der Waals surface area contributed by atoms with Crippen molar-refractivity contribution in [2.75, 3.05) is 0 Å². The Bertz CT molecular complexity index is 1770. The van der Waals surface area contributed by atoms with Gasteiger partial charge in [0.2, 0.25) is 0 Å². The number of hydrogen-bond donors (Lipinski definition) is 0. The van der Waals surface area contributed by atoms with Gasteiger partial charge in [-0.25, -0.2) is 13.5 Å². The summed E-state index contributed by atoms with van der Waals surface area (Å²) in [5.41, 5.74) is 1.46. The van der Waals surface area contributed by atoms with Crippen LogP contribution in [-0.4, -0.2) is 30.9 Å². The zero-order valence-electron chi connectivity index (χ0n) is 21.5. The van der Waals surface area contributed by atoms with Crippen molar-refractivity contribution in [1.82, 2.24) is 19.3 Å². The van der Waals surface area contributed by atoms with Crippen LogP contribution in [0.5, 0.6) is 0 Å². The summed E-state index contributed by atoms with van der Waals surface area (Å²) < 4.78 is 37.4. The molecule has 194 valence electrons. The molecule has 0 amide bonds. The van der Waals surface area contributed by atoms with E-state index in [1.54, 1.807) is 55.7 Å². The average molecular weight is 517 g/mol. The van der Waals surface area contributed by atoms with Gasteiger partial charge in [0.15, 0.2) is 0 Å². The van der Waals surface area contributed by atoms with Gasteiger partial charge in [-0.1, -0.05) is 18.2 Å². The Kier molecular flexibility index (Phi) is 6.30. The van der Waals surface area contributed by atoms with E-state index in [0.29, 0.717) is 38.6 Å². The molecule has 9 heteroatoms. The molecule has 5 rings (SSSR count). The predicted molar refractivity (Wildman–Crippen MR) is 141 cm³/mol. The molecule has 0 radical (unpaired) electrons. The molecule has 0 aliphatic carbocycles. The Balaban J connectivity index is 1.76. The third kappa shape index (κ3) is 4.67. The molecule has 0 aliphatic rings. The molecule has 3 aromatic heterocycles. The van der Waals surface area contributed by atoms with Crippen molar-refractivity contribution >= 4 is 27.6 Å². The summed E-state index contributed by atoms with van der Waals surface area (Å²) in [7, 11) is 0. The van der Waals surface area contributed by atoms with Gasteiger partial charge in [-0.05, 0) is 58.0 Å². The van der Waals surface area contributed by atoms with E-state index in [9.17, 15) is 18.4 Å². The fraction of sp³-hybridized carbons (Fsp3) is 0.241. The van der Waals surface area contributed by atoms with E-state index in [4.69, 9.17) is 4.74 Å². The molecule has 2 aromatic carbocycles. The third-order valence-electron chi connectivity index (χ3n) is 6.27. The van der Waals surface area contributed by atoms with Gasteiger partial charge < -0.3 is 9.30 Å². The highest BCUT2D eigenvalue weighted by molar-refractivity contribution is 6.05. The molecule has 0 fully saturated rings. The molecule has 0 unspecified atom stereocenters. The fourth-order valence-corrected chi connectivity index (χ4v) is 4.68. The second-order valence-electron chi connectivity index (χ2n) is 10.1. The summed E-state index contributed by atoms with van der Waals surface area (Å²) >= 11 is 0. The van der Waals surface area contributed by atoms with Crippen LogP contribution in [0.25, 0.3) is 32.9 Å². The molecule has 38 heavy (non-hydrogen) atoms. The normalized spacial score (nSPS) is 11.8.